The lowest BCUT2D eigenvalue weighted by atomic mass is 10.1. The maximum absolute atomic E-state index is 13.2. The molecule has 0 fully saturated rings. The number of halogens is 3. The van der Waals surface area contributed by atoms with Gasteiger partial charge in [0.1, 0.15) is 11.5 Å². The molecule has 0 saturated heterocycles. The molecule has 1 amide bonds. The van der Waals surface area contributed by atoms with Crippen LogP contribution in [0, 0.1) is 0 Å². The molecule has 0 aliphatic rings. The first kappa shape index (κ1) is 23.3. The monoisotopic (exact) mass is 463 g/mol. The third-order valence-corrected chi connectivity index (χ3v) is 5.77. The fraction of sp³-hybridized carbons (Fsp3) is 0.174. The summed E-state index contributed by atoms with van der Waals surface area (Å²) in [6.45, 7) is 1.60. The van der Waals surface area contributed by atoms with Gasteiger partial charge in [-0.2, -0.15) is 13.2 Å². The van der Waals surface area contributed by atoms with E-state index in [0.29, 0.717) is 11.3 Å². The van der Waals surface area contributed by atoms with Crippen molar-refractivity contribution in [2.24, 2.45) is 0 Å². The zero-order valence-electron chi connectivity index (χ0n) is 17.2. The summed E-state index contributed by atoms with van der Waals surface area (Å²) in [5.41, 5.74) is -0.802. The van der Waals surface area contributed by atoms with Gasteiger partial charge in [-0.05, 0) is 55.0 Å². The summed E-state index contributed by atoms with van der Waals surface area (Å²) in [6.07, 6.45) is -3.58. The minimum atomic E-state index is -4.64. The van der Waals surface area contributed by atoms with Gasteiger partial charge in [-0.15, -0.1) is 0 Å². The maximum atomic E-state index is 13.2. The van der Waals surface area contributed by atoms with Gasteiger partial charge < -0.3 is 10.1 Å². The lowest BCUT2D eigenvalue weighted by Gasteiger charge is -2.18. The Morgan fingerprint density at radius 1 is 0.969 bits per heavy atom. The average Bonchev–Trinajstić information content (AvgIpc) is 2.73. The minimum absolute atomic E-state index is 0.0428. The molecule has 1 N–H and O–H groups in total. The summed E-state index contributed by atoms with van der Waals surface area (Å²) in [5, 5.41) is 2.61. The van der Waals surface area contributed by atoms with E-state index in [1.807, 2.05) is 0 Å². The van der Waals surface area contributed by atoms with Crippen LogP contribution >= 0.6 is 0 Å². The fourth-order valence-electron chi connectivity index (χ4n) is 2.96. The van der Waals surface area contributed by atoms with Crippen LogP contribution in [0.3, 0.4) is 0 Å². The highest BCUT2D eigenvalue weighted by Crippen LogP contribution is 2.34. The van der Waals surface area contributed by atoms with Crippen molar-refractivity contribution in [3.63, 3.8) is 0 Å². The highest BCUT2D eigenvalue weighted by Gasteiger charge is 2.32. The van der Waals surface area contributed by atoms with Crippen LogP contribution in [0.1, 0.15) is 34.5 Å². The zero-order valence-corrected chi connectivity index (χ0v) is 18.0. The Bertz CT molecular complexity index is 1230. The smallest absolute Gasteiger partial charge is 0.416 e. The quantitative estimate of drug-likeness (QED) is 0.532. The number of benzene rings is 3. The van der Waals surface area contributed by atoms with E-state index in [4.69, 9.17) is 4.74 Å². The molecule has 168 valence electrons. The molecular weight excluding hydrogens is 443 g/mol. The summed E-state index contributed by atoms with van der Waals surface area (Å²) in [7, 11) is -3.46. The van der Waals surface area contributed by atoms with Crippen LogP contribution in [0.25, 0.3) is 0 Å². The molecule has 0 spiro atoms. The first-order valence-electron chi connectivity index (χ1n) is 9.50. The maximum Gasteiger partial charge on any atom is 0.416 e. The van der Waals surface area contributed by atoms with Crippen LogP contribution in [0.5, 0.6) is 11.5 Å². The van der Waals surface area contributed by atoms with Crippen LogP contribution in [-0.4, -0.2) is 20.6 Å². The molecule has 32 heavy (non-hydrogen) atoms. The number of amides is 1. The van der Waals surface area contributed by atoms with E-state index < -0.39 is 33.5 Å². The van der Waals surface area contributed by atoms with Crippen molar-refractivity contribution < 1.29 is 31.1 Å². The summed E-state index contributed by atoms with van der Waals surface area (Å²) in [4.78, 5) is 13.0. The standard InChI is InChI=1S/C23H20F3NO4S/c1-15(16-7-6-10-19(13-16)32(2,29)30)27-22(28)20-14-17(23(24,25)26)11-12-21(20)31-18-8-4-3-5-9-18/h3-15H,1-2H3,(H,27,28)/t15-/m0/s1. The number of hydrogen-bond donors (Lipinski definition) is 1. The van der Waals surface area contributed by atoms with E-state index in [-0.39, 0.29) is 16.2 Å². The van der Waals surface area contributed by atoms with Gasteiger partial charge in [0.05, 0.1) is 22.1 Å². The molecule has 5 nitrogen and oxygen atoms in total. The Morgan fingerprint density at radius 2 is 1.66 bits per heavy atom. The van der Waals surface area contributed by atoms with Crippen molar-refractivity contribution in [2.45, 2.75) is 24.0 Å². The molecule has 3 aromatic rings. The Labute approximate surface area is 183 Å². The molecule has 0 saturated carbocycles. The molecule has 0 heterocycles. The topological polar surface area (TPSA) is 72.5 Å². The van der Waals surface area contributed by atoms with Gasteiger partial charge in [0, 0.05) is 6.26 Å². The second-order valence-corrected chi connectivity index (χ2v) is 9.18. The number of sulfone groups is 1. The van der Waals surface area contributed by atoms with E-state index in [1.165, 1.54) is 18.2 Å². The number of nitrogens with one attached hydrogen (secondary N) is 1. The molecule has 0 aromatic heterocycles. The van der Waals surface area contributed by atoms with Crippen molar-refractivity contribution in [3.8, 4) is 11.5 Å². The number of hydrogen-bond acceptors (Lipinski definition) is 4. The molecule has 0 unspecified atom stereocenters. The molecule has 0 bridgehead atoms. The summed E-state index contributed by atoms with van der Waals surface area (Å²) < 4.78 is 69.0. The zero-order chi connectivity index (χ0) is 23.5. The van der Waals surface area contributed by atoms with Gasteiger partial charge in [0.25, 0.3) is 5.91 Å². The van der Waals surface area contributed by atoms with E-state index >= 15 is 0 Å². The number of carbonyl (C=O) groups excluding carboxylic acids is 1. The van der Waals surface area contributed by atoms with Crippen LogP contribution < -0.4 is 10.1 Å². The number of carbonyl (C=O) groups is 1. The summed E-state index contributed by atoms with van der Waals surface area (Å²) in [6, 6.07) is 16.3. The summed E-state index contributed by atoms with van der Waals surface area (Å²) in [5.74, 6) is -0.478. The molecule has 3 aromatic carbocycles. The number of ether oxygens (including phenoxy) is 1. The first-order chi connectivity index (χ1) is 14.9. The first-order valence-corrected chi connectivity index (χ1v) is 11.4. The largest absolute Gasteiger partial charge is 0.457 e. The van der Waals surface area contributed by atoms with Crippen LogP contribution in [0.15, 0.2) is 77.7 Å². The minimum Gasteiger partial charge on any atom is -0.457 e. The van der Waals surface area contributed by atoms with Crippen molar-refractivity contribution in [2.75, 3.05) is 6.26 Å². The third kappa shape index (κ3) is 5.67. The van der Waals surface area contributed by atoms with E-state index in [1.54, 1.807) is 43.3 Å². The molecule has 9 heteroatoms. The second-order valence-electron chi connectivity index (χ2n) is 7.16. The molecule has 0 aliphatic carbocycles. The average molecular weight is 463 g/mol. The van der Waals surface area contributed by atoms with Gasteiger partial charge in [-0.3, -0.25) is 4.79 Å². The van der Waals surface area contributed by atoms with Crippen LogP contribution in [0.2, 0.25) is 0 Å². The normalized spacial score (nSPS) is 12.8. The van der Waals surface area contributed by atoms with Crippen molar-refractivity contribution >= 4 is 15.7 Å². The van der Waals surface area contributed by atoms with Crippen molar-refractivity contribution in [1.82, 2.24) is 5.32 Å². The van der Waals surface area contributed by atoms with E-state index in [0.717, 1.165) is 24.5 Å². The predicted octanol–water partition coefficient (Wildman–Crippen LogP) is 5.39. The SMILES string of the molecule is C[C@H](NC(=O)c1cc(C(F)(F)F)ccc1Oc1ccccc1)c1cccc(S(C)(=O)=O)c1. The van der Waals surface area contributed by atoms with Crippen molar-refractivity contribution in [1.29, 1.82) is 0 Å². The van der Waals surface area contributed by atoms with Crippen LogP contribution in [-0.2, 0) is 16.0 Å². The molecule has 1 atom stereocenters. The Kier molecular flexibility index (Phi) is 6.59. The lowest BCUT2D eigenvalue weighted by Crippen LogP contribution is -2.27. The lowest BCUT2D eigenvalue weighted by molar-refractivity contribution is -0.137. The van der Waals surface area contributed by atoms with Gasteiger partial charge >= 0.3 is 6.18 Å². The third-order valence-electron chi connectivity index (χ3n) is 4.66. The second kappa shape index (κ2) is 9.04. The van der Waals surface area contributed by atoms with E-state index in [9.17, 15) is 26.4 Å². The Morgan fingerprint density at radius 3 is 2.28 bits per heavy atom. The number of alkyl halides is 3. The van der Waals surface area contributed by atoms with Gasteiger partial charge in [0.15, 0.2) is 9.84 Å². The summed E-state index contributed by atoms with van der Waals surface area (Å²) >= 11 is 0. The predicted molar refractivity (Wildman–Crippen MR) is 113 cm³/mol. The number of rotatable bonds is 6. The highest BCUT2D eigenvalue weighted by molar-refractivity contribution is 7.90. The highest BCUT2D eigenvalue weighted by atomic mass is 32.2. The molecule has 3 rings (SSSR count). The molecular formula is C23H20F3NO4S. The van der Waals surface area contributed by atoms with Crippen LogP contribution in [0.4, 0.5) is 13.2 Å². The van der Waals surface area contributed by atoms with Gasteiger partial charge in [-0.1, -0.05) is 30.3 Å². The Balaban J connectivity index is 1.93. The number of para-hydroxylation sites is 1. The van der Waals surface area contributed by atoms with E-state index in [2.05, 4.69) is 5.32 Å². The fourth-order valence-corrected chi connectivity index (χ4v) is 3.64. The van der Waals surface area contributed by atoms with Gasteiger partial charge in [0.2, 0.25) is 0 Å². The Hall–Kier alpha value is -3.33. The molecule has 0 radical (unpaired) electrons. The van der Waals surface area contributed by atoms with Crippen molar-refractivity contribution in [3.05, 3.63) is 89.5 Å². The van der Waals surface area contributed by atoms with Gasteiger partial charge in [-0.25, -0.2) is 8.42 Å². The molecule has 0 aliphatic heterocycles.